The largest absolute Gasteiger partial charge is 0.385 e. The van der Waals surface area contributed by atoms with Crippen LogP contribution in [0.4, 0.5) is 0 Å². The van der Waals surface area contributed by atoms with Gasteiger partial charge in [-0.3, -0.25) is 0 Å². The zero-order chi connectivity index (χ0) is 15.2. The molecule has 0 saturated heterocycles. The van der Waals surface area contributed by atoms with Crippen LogP contribution in [0.15, 0.2) is 29.2 Å². The number of sulfone groups is 1. The van der Waals surface area contributed by atoms with E-state index >= 15 is 0 Å². The smallest absolute Gasteiger partial charge is 0.179 e. The minimum absolute atomic E-state index is 0.0730. The molecule has 0 spiro atoms. The molecule has 1 aromatic carbocycles. The number of hydrogen-bond acceptors (Lipinski definition) is 4. The third-order valence-corrected chi connectivity index (χ3v) is 5.19. The second-order valence-electron chi connectivity index (χ2n) is 5.17. The summed E-state index contributed by atoms with van der Waals surface area (Å²) in [7, 11) is -3.36. The average Bonchev–Trinajstić information content (AvgIpc) is 2.39. The van der Waals surface area contributed by atoms with Crippen LogP contribution in [0.25, 0.3) is 0 Å². The topological polar surface area (TPSA) is 80.4 Å². The molecule has 0 bridgehead atoms. The third kappa shape index (κ3) is 4.04. The summed E-state index contributed by atoms with van der Waals surface area (Å²) in [5, 5.41) is 10.8. The monoisotopic (exact) mass is 299 g/mol. The Labute approximate surface area is 121 Å². The lowest BCUT2D eigenvalue weighted by Crippen LogP contribution is -2.26. The Kier molecular flexibility index (Phi) is 6.17. The van der Waals surface area contributed by atoms with E-state index in [2.05, 4.69) is 0 Å². The summed E-state index contributed by atoms with van der Waals surface area (Å²) < 4.78 is 24.1. The average molecular weight is 299 g/mol. The zero-order valence-electron chi connectivity index (χ0n) is 12.3. The summed E-state index contributed by atoms with van der Waals surface area (Å²) in [6.07, 6.45) is 2.94. The molecule has 0 atom stereocenters. The van der Waals surface area contributed by atoms with Gasteiger partial charge < -0.3 is 10.8 Å². The lowest BCUT2D eigenvalue weighted by Gasteiger charge is -2.28. The lowest BCUT2D eigenvalue weighted by atomic mass is 9.85. The Morgan fingerprint density at radius 2 is 1.80 bits per heavy atom. The van der Waals surface area contributed by atoms with Gasteiger partial charge in [0.15, 0.2) is 9.84 Å². The Morgan fingerprint density at radius 1 is 1.20 bits per heavy atom. The molecular weight excluding hydrogens is 274 g/mol. The van der Waals surface area contributed by atoms with E-state index < -0.39 is 15.4 Å². The van der Waals surface area contributed by atoms with Gasteiger partial charge in [-0.15, -0.1) is 0 Å². The second-order valence-corrected chi connectivity index (χ2v) is 7.28. The van der Waals surface area contributed by atoms with E-state index in [0.29, 0.717) is 18.4 Å². The molecule has 0 unspecified atom stereocenters. The van der Waals surface area contributed by atoms with Gasteiger partial charge in [0, 0.05) is 6.54 Å². The minimum Gasteiger partial charge on any atom is -0.385 e. The molecule has 3 N–H and O–H groups in total. The highest BCUT2D eigenvalue weighted by molar-refractivity contribution is 7.91. The Bertz CT molecular complexity index is 520. The quantitative estimate of drug-likeness (QED) is 0.771. The standard InChI is InChI=1S/C15H25NO3S/c1-3-8-15(17,9-4-2)13-6-5-7-14(12-13)20(18,19)11-10-16/h5-7,12,17H,3-4,8-11,16H2,1-2H3. The van der Waals surface area contributed by atoms with Crippen molar-refractivity contribution in [1.29, 1.82) is 0 Å². The molecule has 1 rings (SSSR count). The molecule has 5 heteroatoms. The van der Waals surface area contributed by atoms with E-state index in [-0.39, 0.29) is 17.2 Å². The lowest BCUT2D eigenvalue weighted by molar-refractivity contribution is 0.0168. The summed E-state index contributed by atoms with van der Waals surface area (Å²) >= 11 is 0. The van der Waals surface area contributed by atoms with Crippen molar-refractivity contribution in [3.63, 3.8) is 0 Å². The highest BCUT2D eigenvalue weighted by atomic mass is 32.2. The molecule has 0 saturated carbocycles. The summed E-state index contributed by atoms with van der Waals surface area (Å²) in [5.41, 5.74) is 5.08. The third-order valence-electron chi connectivity index (χ3n) is 3.44. The summed E-state index contributed by atoms with van der Waals surface area (Å²) in [4.78, 5) is 0.242. The van der Waals surface area contributed by atoms with Gasteiger partial charge in [0.05, 0.1) is 16.2 Å². The van der Waals surface area contributed by atoms with E-state index in [4.69, 9.17) is 5.73 Å². The maximum Gasteiger partial charge on any atom is 0.179 e. The molecule has 0 aromatic heterocycles. The molecule has 0 radical (unpaired) electrons. The fourth-order valence-electron chi connectivity index (χ4n) is 2.49. The SMILES string of the molecule is CCCC(O)(CCC)c1cccc(S(=O)(=O)CCN)c1. The molecule has 0 aliphatic carbocycles. The number of benzene rings is 1. The van der Waals surface area contributed by atoms with Gasteiger partial charge in [0.2, 0.25) is 0 Å². The molecule has 0 heterocycles. The van der Waals surface area contributed by atoms with Crippen molar-refractivity contribution in [3.8, 4) is 0 Å². The van der Waals surface area contributed by atoms with Crippen molar-refractivity contribution in [1.82, 2.24) is 0 Å². The molecule has 0 aliphatic rings. The Morgan fingerprint density at radius 3 is 2.30 bits per heavy atom. The van der Waals surface area contributed by atoms with Crippen LogP contribution in [0.5, 0.6) is 0 Å². The van der Waals surface area contributed by atoms with Crippen molar-refractivity contribution >= 4 is 9.84 Å². The molecular formula is C15H25NO3S. The Balaban J connectivity index is 3.20. The normalized spacial score (nSPS) is 12.6. The van der Waals surface area contributed by atoms with Gasteiger partial charge >= 0.3 is 0 Å². The van der Waals surface area contributed by atoms with Crippen molar-refractivity contribution < 1.29 is 13.5 Å². The first-order valence-corrected chi connectivity index (χ1v) is 8.80. The predicted octanol–water partition coefficient (Wildman–Crippen LogP) is 2.21. The van der Waals surface area contributed by atoms with Crippen LogP contribution in [0.2, 0.25) is 0 Å². The minimum atomic E-state index is -3.36. The van der Waals surface area contributed by atoms with Gasteiger partial charge in [-0.1, -0.05) is 38.8 Å². The summed E-state index contributed by atoms with van der Waals surface area (Å²) in [5.74, 6) is -0.0730. The number of aliphatic hydroxyl groups is 1. The van der Waals surface area contributed by atoms with E-state index in [1.807, 2.05) is 13.8 Å². The van der Waals surface area contributed by atoms with Crippen LogP contribution in [-0.4, -0.2) is 25.8 Å². The van der Waals surface area contributed by atoms with Crippen molar-refractivity contribution in [3.05, 3.63) is 29.8 Å². The summed E-state index contributed by atoms with van der Waals surface area (Å²) in [6, 6.07) is 6.64. The first kappa shape index (κ1) is 17.1. The second kappa shape index (κ2) is 7.20. The highest BCUT2D eigenvalue weighted by Gasteiger charge is 2.28. The maximum absolute atomic E-state index is 12.1. The maximum atomic E-state index is 12.1. The Hall–Kier alpha value is -0.910. The first-order chi connectivity index (χ1) is 9.39. The predicted molar refractivity (Wildman–Crippen MR) is 81.3 cm³/mol. The number of rotatable bonds is 8. The van der Waals surface area contributed by atoms with Crippen LogP contribution in [0, 0.1) is 0 Å². The number of hydrogen-bond donors (Lipinski definition) is 2. The molecule has 4 nitrogen and oxygen atoms in total. The molecule has 0 fully saturated rings. The van der Waals surface area contributed by atoms with Crippen LogP contribution in [0.3, 0.4) is 0 Å². The summed E-state index contributed by atoms with van der Waals surface area (Å²) in [6.45, 7) is 4.12. The van der Waals surface area contributed by atoms with Crippen LogP contribution < -0.4 is 5.73 Å². The fourth-order valence-corrected chi connectivity index (χ4v) is 3.63. The van der Waals surface area contributed by atoms with Gasteiger partial charge in [-0.25, -0.2) is 8.42 Å². The van der Waals surface area contributed by atoms with Crippen LogP contribution in [-0.2, 0) is 15.4 Å². The van der Waals surface area contributed by atoms with E-state index in [0.717, 1.165) is 12.8 Å². The van der Waals surface area contributed by atoms with E-state index in [1.165, 1.54) is 0 Å². The molecule has 114 valence electrons. The molecule has 0 amide bonds. The van der Waals surface area contributed by atoms with Gasteiger partial charge in [0.1, 0.15) is 0 Å². The van der Waals surface area contributed by atoms with Crippen LogP contribution >= 0.6 is 0 Å². The first-order valence-electron chi connectivity index (χ1n) is 7.15. The van der Waals surface area contributed by atoms with Crippen molar-refractivity contribution in [2.45, 2.75) is 50.0 Å². The fraction of sp³-hybridized carbons (Fsp3) is 0.600. The molecule has 20 heavy (non-hydrogen) atoms. The highest BCUT2D eigenvalue weighted by Crippen LogP contribution is 2.32. The molecule has 1 aromatic rings. The van der Waals surface area contributed by atoms with Crippen LogP contribution in [0.1, 0.15) is 45.1 Å². The van der Waals surface area contributed by atoms with Crippen molar-refractivity contribution in [2.75, 3.05) is 12.3 Å². The van der Waals surface area contributed by atoms with Gasteiger partial charge in [0.25, 0.3) is 0 Å². The zero-order valence-corrected chi connectivity index (χ0v) is 13.1. The van der Waals surface area contributed by atoms with E-state index in [1.54, 1.807) is 24.3 Å². The van der Waals surface area contributed by atoms with Crippen molar-refractivity contribution in [2.24, 2.45) is 5.73 Å². The van der Waals surface area contributed by atoms with Gasteiger partial charge in [-0.05, 0) is 30.5 Å². The van der Waals surface area contributed by atoms with E-state index in [9.17, 15) is 13.5 Å². The number of nitrogens with two attached hydrogens (primary N) is 1. The van der Waals surface area contributed by atoms with Gasteiger partial charge in [-0.2, -0.15) is 0 Å². The molecule has 0 aliphatic heterocycles.